The molecule has 0 aliphatic carbocycles. The van der Waals surface area contributed by atoms with Crippen molar-refractivity contribution in [2.75, 3.05) is 47.5 Å². The molecule has 284 valence electrons. The fourth-order valence-electron chi connectivity index (χ4n) is 5.18. The van der Waals surface area contributed by atoms with Crippen LogP contribution in [0.25, 0.3) is 0 Å². The summed E-state index contributed by atoms with van der Waals surface area (Å²) in [5.41, 5.74) is 0. The van der Waals surface area contributed by atoms with Crippen LogP contribution >= 0.6 is 7.82 Å². The average Bonchev–Trinajstić information content (AvgIpc) is 3.02. The van der Waals surface area contributed by atoms with Gasteiger partial charge in [-0.25, -0.2) is 4.57 Å². The van der Waals surface area contributed by atoms with Gasteiger partial charge in [-0.2, -0.15) is 0 Å². The van der Waals surface area contributed by atoms with Gasteiger partial charge in [0.05, 0.1) is 27.7 Å². The topological polar surface area (TPSA) is 108 Å². The summed E-state index contributed by atoms with van der Waals surface area (Å²) in [5.74, 6) is -0.806. The van der Waals surface area contributed by atoms with Gasteiger partial charge < -0.3 is 18.9 Å². The van der Waals surface area contributed by atoms with Gasteiger partial charge in [0.2, 0.25) is 0 Å². The van der Waals surface area contributed by atoms with E-state index in [1.807, 2.05) is 21.1 Å². The van der Waals surface area contributed by atoms with Crippen molar-refractivity contribution in [3.8, 4) is 0 Å². The van der Waals surface area contributed by atoms with Crippen LogP contribution in [-0.4, -0.2) is 74.9 Å². The third kappa shape index (κ3) is 34.6. The molecule has 0 bridgehead atoms. The Hall–Kier alpha value is -1.25. The van der Waals surface area contributed by atoms with E-state index in [2.05, 4.69) is 26.0 Å². The zero-order valence-corrected chi connectivity index (χ0v) is 32.6. The lowest BCUT2D eigenvalue weighted by Crippen LogP contribution is -2.37. The third-order valence-electron chi connectivity index (χ3n) is 8.30. The Morgan fingerprint density at radius 1 is 0.625 bits per heavy atom. The monoisotopic (exact) mass is 705 g/mol. The second-order valence-corrected chi connectivity index (χ2v) is 15.8. The molecular weight excluding hydrogens is 629 g/mol. The molecule has 48 heavy (non-hydrogen) atoms. The van der Waals surface area contributed by atoms with Crippen LogP contribution in [0, 0.1) is 0 Å². The molecule has 2 atom stereocenters. The van der Waals surface area contributed by atoms with Gasteiger partial charge in [-0.05, 0) is 38.5 Å². The van der Waals surface area contributed by atoms with Crippen molar-refractivity contribution in [1.29, 1.82) is 0 Å². The number of allylic oxidation sites excluding steroid dienone is 2. The van der Waals surface area contributed by atoms with Crippen molar-refractivity contribution in [2.24, 2.45) is 0 Å². The highest BCUT2D eigenvalue weighted by atomic mass is 31.2. The van der Waals surface area contributed by atoms with E-state index in [0.717, 1.165) is 51.4 Å². The molecule has 0 saturated heterocycles. The van der Waals surface area contributed by atoms with E-state index in [1.54, 1.807) is 0 Å². The van der Waals surface area contributed by atoms with Gasteiger partial charge >= 0.3 is 19.8 Å². The van der Waals surface area contributed by atoms with Gasteiger partial charge in [0, 0.05) is 12.8 Å². The lowest BCUT2D eigenvalue weighted by molar-refractivity contribution is -0.870. The minimum atomic E-state index is -4.36. The maximum absolute atomic E-state index is 12.6. The van der Waals surface area contributed by atoms with Crippen LogP contribution in [-0.2, 0) is 32.7 Å². The fourth-order valence-corrected chi connectivity index (χ4v) is 5.93. The van der Waals surface area contributed by atoms with Gasteiger partial charge in [-0.3, -0.25) is 18.6 Å². The third-order valence-corrected chi connectivity index (χ3v) is 9.28. The van der Waals surface area contributed by atoms with Crippen LogP contribution in [0.3, 0.4) is 0 Å². The summed E-state index contributed by atoms with van der Waals surface area (Å²) in [4.78, 5) is 35.1. The molecule has 0 aliphatic heterocycles. The molecule has 0 spiro atoms. The zero-order valence-electron chi connectivity index (χ0n) is 31.7. The Bertz CT molecular complexity index is 845. The predicted octanol–water partition coefficient (Wildman–Crippen LogP) is 10.2. The van der Waals surface area contributed by atoms with Gasteiger partial charge in [-0.15, -0.1) is 0 Å². The number of esters is 2. The molecule has 1 unspecified atom stereocenters. The van der Waals surface area contributed by atoms with Gasteiger partial charge in [0.25, 0.3) is 0 Å². The van der Waals surface area contributed by atoms with Crippen molar-refractivity contribution in [2.45, 2.75) is 174 Å². The quantitative estimate of drug-likeness (QED) is 0.0228. The first kappa shape index (κ1) is 46.8. The van der Waals surface area contributed by atoms with Crippen molar-refractivity contribution in [3.63, 3.8) is 0 Å². The molecule has 0 heterocycles. The Morgan fingerprint density at radius 2 is 1.06 bits per heavy atom. The summed E-state index contributed by atoms with van der Waals surface area (Å²) >= 11 is 0. The Labute approximate surface area is 295 Å². The van der Waals surface area contributed by atoms with Crippen molar-refractivity contribution in [3.05, 3.63) is 12.2 Å². The molecule has 0 amide bonds. The second-order valence-electron chi connectivity index (χ2n) is 14.3. The Balaban J connectivity index is 4.44. The van der Waals surface area contributed by atoms with Gasteiger partial charge in [-0.1, -0.05) is 129 Å². The average molecular weight is 705 g/mol. The smallest absolute Gasteiger partial charge is 0.462 e. The largest absolute Gasteiger partial charge is 0.472 e. The maximum Gasteiger partial charge on any atom is 0.472 e. The molecule has 0 aromatic heterocycles. The van der Waals surface area contributed by atoms with E-state index in [1.165, 1.54) is 83.5 Å². The van der Waals surface area contributed by atoms with Crippen LogP contribution in [0.1, 0.15) is 168 Å². The van der Waals surface area contributed by atoms with E-state index in [0.29, 0.717) is 23.9 Å². The summed E-state index contributed by atoms with van der Waals surface area (Å²) in [6.45, 7) is 4.38. The van der Waals surface area contributed by atoms with E-state index < -0.39 is 26.5 Å². The highest BCUT2D eigenvalue weighted by Crippen LogP contribution is 2.43. The molecule has 0 saturated carbocycles. The number of carbonyl (C=O) groups is 2. The Kier molecular flexibility index (Phi) is 30.9. The number of hydrogen-bond acceptors (Lipinski definition) is 7. The first-order chi connectivity index (χ1) is 23.0. The van der Waals surface area contributed by atoms with Crippen LogP contribution in [0.2, 0.25) is 0 Å². The minimum Gasteiger partial charge on any atom is -0.462 e. The molecule has 0 aromatic rings. The highest BCUT2D eigenvalue weighted by molar-refractivity contribution is 7.47. The number of hydrogen-bond donors (Lipinski definition) is 1. The lowest BCUT2D eigenvalue weighted by Gasteiger charge is -2.24. The number of carbonyl (C=O) groups excluding carboxylic acids is 2. The Morgan fingerprint density at radius 3 is 1.58 bits per heavy atom. The van der Waals surface area contributed by atoms with Gasteiger partial charge in [0.15, 0.2) is 6.10 Å². The normalized spacial score (nSPS) is 13.9. The molecule has 9 nitrogen and oxygen atoms in total. The molecule has 0 aliphatic rings. The lowest BCUT2D eigenvalue weighted by atomic mass is 10.0. The number of phosphoric ester groups is 1. The first-order valence-corrected chi connectivity index (χ1v) is 20.9. The summed E-state index contributed by atoms with van der Waals surface area (Å²) < 4.78 is 34.1. The van der Waals surface area contributed by atoms with E-state index in [4.69, 9.17) is 18.5 Å². The zero-order chi connectivity index (χ0) is 35.8. The van der Waals surface area contributed by atoms with Crippen LogP contribution in [0.15, 0.2) is 12.2 Å². The molecule has 0 rings (SSSR count). The number of quaternary nitrogens is 1. The van der Waals surface area contributed by atoms with E-state index in [9.17, 15) is 19.0 Å². The highest BCUT2D eigenvalue weighted by Gasteiger charge is 2.27. The molecule has 10 heteroatoms. The van der Waals surface area contributed by atoms with Crippen LogP contribution in [0.4, 0.5) is 0 Å². The van der Waals surface area contributed by atoms with Crippen LogP contribution < -0.4 is 0 Å². The SMILES string of the molecule is CCCCC/C=C\CCCCCCCC(=O)O[C@H](COC(=O)CCCCCCCCCCCCCC)COP(=O)(O)OCC[N+](C)(C)C. The number of phosphoric acid groups is 1. The number of unbranched alkanes of at least 4 members (excludes halogenated alkanes) is 19. The molecule has 0 fully saturated rings. The fraction of sp³-hybridized carbons (Fsp3) is 0.895. The van der Waals surface area contributed by atoms with Gasteiger partial charge in [0.1, 0.15) is 19.8 Å². The molecular formula is C38H75NO8P+. The second kappa shape index (κ2) is 31.7. The standard InChI is InChI=1S/C38H74NO8P/c1-6-8-10-12-14-16-18-20-22-24-26-28-30-37(40)44-34-36(35-46-48(42,43)45-33-32-39(3,4)5)47-38(41)31-29-27-25-23-21-19-17-15-13-11-9-7-2/h15,17,36H,6-14,16,18-35H2,1-5H3/p+1/b17-15-/t36-/m1/s1. The molecule has 0 radical (unpaired) electrons. The number of likely N-dealkylation sites (N-methyl/N-ethyl adjacent to an activating group) is 1. The first-order valence-electron chi connectivity index (χ1n) is 19.4. The number of rotatable bonds is 35. The van der Waals surface area contributed by atoms with Crippen molar-refractivity contribution >= 4 is 19.8 Å². The minimum absolute atomic E-state index is 0.0327. The van der Waals surface area contributed by atoms with Crippen molar-refractivity contribution < 1.29 is 42.1 Å². The number of nitrogens with zero attached hydrogens (tertiary/aromatic N) is 1. The maximum atomic E-state index is 12.6. The summed E-state index contributed by atoms with van der Waals surface area (Å²) in [5, 5.41) is 0. The predicted molar refractivity (Wildman–Crippen MR) is 197 cm³/mol. The van der Waals surface area contributed by atoms with E-state index in [-0.39, 0.29) is 25.6 Å². The van der Waals surface area contributed by atoms with Crippen molar-refractivity contribution in [1.82, 2.24) is 0 Å². The summed E-state index contributed by atoms with van der Waals surface area (Å²) in [6.07, 6.45) is 29.7. The van der Waals surface area contributed by atoms with Crippen LogP contribution in [0.5, 0.6) is 0 Å². The summed E-state index contributed by atoms with van der Waals surface area (Å²) in [7, 11) is 1.48. The van der Waals surface area contributed by atoms with E-state index >= 15 is 0 Å². The summed E-state index contributed by atoms with van der Waals surface area (Å²) in [6, 6.07) is 0. The number of ether oxygens (including phenoxy) is 2. The molecule has 1 N–H and O–H groups in total. The molecule has 0 aromatic carbocycles.